The lowest BCUT2D eigenvalue weighted by atomic mass is 9.85. The van der Waals surface area contributed by atoms with Crippen LogP contribution in [0.4, 0.5) is 0 Å². The molecule has 0 aliphatic heterocycles. The van der Waals surface area contributed by atoms with Gasteiger partial charge in [0.2, 0.25) is 5.95 Å². The van der Waals surface area contributed by atoms with Crippen LogP contribution in [0.25, 0.3) is 28.1 Å². The molecule has 0 fully saturated rings. The van der Waals surface area contributed by atoms with Gasteiger partial charge >= 0.3 is 5.69 Å². The second kappa shape index (κ2) is 6.61. The van der Waals surface area contributed by atoms with E-state index in [4.69, 9.17) is 4.98 Å². The molecule has 0 saturated carbocycles. The normalized spacial score (nSPS) is 18.5. The molecule has 0 bridgehead atoms. The number of nitrogens with zero attached hydrogens (tertiary/aromatic N) is 5. The zero-order valence-electron chi connectivity index (χ0n) is 16.9. The van der Waals surface area contributed by atoms with Gasteiger partial charge in [-0.3, -0.25) is 9.13 Å². The molecule has 1 aliphatic rings. The third-order valence-electron chi connectivity index (χ3n) is 6.10. The molecule has 3 aromatic heterocycles. The van der Waals surface area contributed by atoms with Gasteiger partial charge in [0, 0.05) is 0 Å². The fourth-order valence-electron chi connectivity index (χ4n) is 4.60. The van der Waals surface area contributed by atoms with Crippen LogP contribution in [0.15, 0.2) is 59.8 Å². The lowest BCUT2D eigenvalue weighted by Gasteiger charge is -2.29. The first-order valence-electron chi connectivity index (χ1n) is 10.3. The number of fused-ring (bicyclic) bond motifs is 3. The number of imidazole rings is 2. The van der Waals surface area contributed by atoms with Crippen LogP contribution in [0.2, 0.25) is 0 Å². The van der Waals surface area contributed by atoms with Crippen LogP contribution < -0.4 is 5.69 Å². The highest BCUT2D eigenvalue weighted by atomic mass is 16.3. The van der Waals surface area contributed by atoms with Gasteiger partial charge in [0.05, 0.1) is 29.4 Å². The fraction of sp³-hybridized carbons (Fsp3) is 0.217. The second-order valence-corrected chi connectivity index (χ2v) is 8.05. The largest absolute Gasteiger partial charge is 0.388 e. The van der Waals surface area contributed by atoms with E-state index in [-0.39, 0.29) is 11.7 Å². The number of aryl methyl sites for hydroxylation is 1. The molecule has 31 heavy (non-hydrogen) atoms. The van der Waals surface area contributed by atoms with Crippen LogP contribution in [0, 0.1) is 6.92 Å². The summed E-state index contributed by atoms with van der Waals surface area (Å²) in [7, 11) is 0. The Morgan fingerprint density at radius 3 is 2.81 bits per heavy atom. The first-order chi connectivity index (χ1) is 15.1. The van der Waals surface area contributed by atoms with Gasteiger partial charge in [0.1, 0.15) is 11.8 Å². The number of aromatic nitrogens is 6. The highest BCUT2D eigenvalue weighted by Crippen LogP contribution is 2.38. The quantitative estimate of drug-likeness (QED) is 0.464. The Kier molecular flexibility index (Phi) is 3.85. The first kappa shape index (κ1) is 18.0. The maximum Gasteiger partial charge on any atom is 0.328 e. The number of aromatic amines is 1. The average molecular weight is 412 g/mol. The van der Waals surface area contributed by atoms with E-state index < -0.39 is 6.10 Å². The van der Waals surface area contributed by atoms with E-state index in [0.29, 0.717) is 30.0 Å². The minimum atomic E-state index is -0.515. The van der Waals surface area contributed by atoms with Gasteiger partial charge in [-0.1, -0.05) is 30.3 Å². The molecule has 1 aliphatic carbocycles. The molecule has 5 aromatic rings. The Morgan fingerprint density at radius 1 is 1.10 bits per heavy atom. The number of aliphatic hydroxyl groups is 1. The lowest BCUT2D eigenvalue weighted by molar-refractivity contribution is 0.147. The Hall–Kier alpha value is -3.78. The van der Waals surface area contributed by atoms with Crippen LogP contribution in [-0.2, 0) is 0 Å². The van der Waals surface area contributed by atoms with Crippen molar-refractivity contribution in [3.05, 3.63) is 82.2 Å². The predicted molar refractivity (Wildman–Crippen MR) is 116 cm³/mol. The predicted octanol–water partition coefficient (Wildman–Crippen LogP) is 3.18. The van der Waals surface area contributed by atoms with Gasteiger partial charge in [-0.25, -0.2) is 14.8 Å². The summed E-state index contributed by atoms with van der Waals surface area (Å²) < 4.78 is 3.53. The Morgan fingerprint density at radius 2 is 1.94 bits per heavy atom. The summed E-state index contributed by atoms with van der Waals surface area (Å²) in [6.45, 7) is 2.03. The molecule has 2 atom stereocenters. The summed E-state index contributed by atoms with van der Waals surface area (Å²) >= 11 is 0. The van der Waals surface area contributed by atoms with Crippen molar-refractivity contribution in [3.8, 4) is 5.95 Å². The second-order valence-electron chi connectivity index (χ2n) is 8.05. The zero-order valence-corrected chi connectivity index (χ0v) is 16.9. The molecule has 0 spiro atoms. The molecule has 0 radical (unpaired) electrons. The minimum Gasteiger partial charge on any atom is -0.388 e. The van der Waals surface area contributed by atoms with Crippen molar-refractivity contribution in [2.75, 3.05) is 0 Å². The highest BCUT2D eigenvalue weighted by molar-refractivity contribution is 5.78. The number of rotatable bonds is 2. The molecule has 2 aromatic carbocycles. The van der Waals surface area contributed by atoms with E-state index in [0.717, 1.165) is 27.7 Å². The van der Waals surface area contributed by atoms with Crippen molar-refractivity contribution in [2.45, 2.75) is 31.9 Å². The van der Waals surface area contributed by atoms with E-state index >= 15 is 0 Å². The number of hydrogen-bond acceptors (Lipinski definition) is 5. The highest BCUT2D eigenvalue weighted by Gasteiger charge is 2.29. The summed E-state index contributed by atoms with van der Waals surface area (Å²) in [5, 5.41) is 10.4. The van der Waals surface area contributed by atoms with E-state index in [1.807, 2.05) is 54.0 Å². The van der Waals surface area contributed by atoms with Gasteiger partial charge < -0.3 is 10.1 Å². The van der Waals surface area contributed by atoms with Crippen molar-refractivity contribution >= 4 is 22.2 Å². The lowest BCUT2D eigenvalue weighted by Crippen LogP contribution is -2.27. The molecule has 6 rings (SSSR count). The monoisotopic (exact) mass is 412 g/mol. The molecule has 0 unspecified atom stereocenters. The molecule has 3 heterocycles. The number of H-pyrrole nitrogens is 1. The van der Waals surface area contributed by atoms with Gasteiger partial charge in [-0.15, -0.1) is 0 Å². The molecule has 8 nitrogen and oxygen atoms in total. The molecule has 0 saturated heterocycles. The zero-order chi connectivity index (χ0) is 21.1. The number of nitrogens with one attached hydrogen (secondary N) is 1. The summed E-state index contributed by atoms with van der Waals surface area (Å²) in [6, 6.07) is 13.6. The van der Waals surface area contributed by atoms with Crippen molar-refractivity contribution in [2.24, 2.45) is 0 Å². The Labute approximate surface area is 176 Å². The molecular formula is C23H20N6O2. The van der Waals surface area contributed by atoms with Gasteiger partial charge in [-0.05, 0) is 48.6 Å². The van der Waals surface area contributed by atoms with Gasteiger partial charge in [0.15, 0.2) is 5.65 Å². The summed E-state index contributed by atoms with van der Waals surface area (Å²) in [5.41, 5.74) is 5.60. The topological polar surface area (TPSA) is 102 Å². The van der Waals surface area contributed by atoms with Crippen molar-refractivity contribution < 1.29 is 5.11 Å². The standard InChI is InChI=1S/C23H20N6O2/c1-13-6-7-16-19(10-13)28(12-25-16)22-24-11-17-21(27-22)29(23(31)26-17)18-8-9-20(30)15-5-3-2-4-14(15)18/h2-7,10-12,18,20,30H,8-9H2,1H3,(H,26,31)/t18-,20-/m1/s1. The van der Waals surface area contributed by atoms with Crippen LogP contribution in [0.5, 0.6) is 0 Å². The molecule has 2 N–H and O–H groups in total. The molecule has 154 valence electrons. The van der Waals surface area contributed by atoms with Crippen molar-refractivity contribution in [1.29, 1.82) is 0 Å². The SMILES string of the molecule is Cc1ccc2ncn(-c3ncc4[nH]c(=O)n([C@@H]5CC[C@@H](O)c6ccccc65)c4n3)c2c1. The van der Waals surface area contributed by atoms with Gasteiger partial charge in [0.25, 0.3) is 0 Å². The van der Waals surface area contributed by atoms with E-state index in [1.165, 1.54) is 0 Å². The summed E-state index contributed by atoms with van der Waals surface area (Å²) in [5.74, 6) is 0.456. The smallest absolute Gasteiger partial charge is 0.328 e. The third kappa shape index (κ3) is 2.72. The van der Waals surface area contributed by atoms with E-state index in [2.05, 4.69) is 15.0 Å². The van der Waals surface area contributed by atoms with E-state index in [1.54, 1.807) is 17.1 Å². The fourth-order valence-corrected chi connectivity index (χ4v) is 4.60. The van der Waals surface area contributed by atoms with Crippen molar-refractivity contribution in [1.82, 2.24) is 29.1 Å². The Balaban J connectivity index is 1.56. The first-order valence-corrected chi connectivity index (χ1v) is 10.3. The third-order valence-corrected chi connectivity index (χ3v) is 6.10. The Bertz CT molecular complexity index is 1510. The van der Waals surface area contributed by atoms with Crippen LogP contribution in [0.1, 0.15) is 41.7 Å². The minimum absolute atomic E-state index is 0.203. The summed E-state index contributed by atoms with van der Waals surface area (Å²) in [4.78, 5) is 29.5. The average Bonchev–Trinajstić information content (AvgIpc) is 3.34. The van der Waals surface area contributed by atoms with E-state index in [9.17, 15) is 9.90 Å². The maximum absolute atomic E-state index is 12.9. The number of aliphatic hydroxyl groups excluding tert-OH is 1. The summed E-state index contributed by atoms with van der Waals surface area (Å²) in [6.07, 6.45) is 4.06. The van der Waals surface area contributed by atoms with Crippen LogP contribution in [0.3, 0.4) is 0 Å². The van der Waals surface area contributed by atoms with Crippen LogP contribution in [-0.4, -0.2) is 34.2 Å². The van der Waals surface area contributed by atoms with Gasteiger partial charge in [-0.2, -0.15) is 4.98 Å². The van der Waals surface area contributed by atoms with Crippen molar-refractivity contribution in [3.63, 3.8) is 0 Å². The number of benzene rings is 2. The molecule has 8 heteroatoms. The molecule has 0 amide bonds. The van der Waals surface area contributed by atoms with Crippen LogP contribution >= 0.6 is 0 Å². The molecular weight excluding hydrogens is 392 g/mol. The number of hydrogen-bond donors (Lipinski definition) is 2. The maximum atomic E-state index is 12.9.